The molecule has 0 heterocycles. The zero-order valence-electron chi connectivity index (χ0n) is 14.0. The van der Waals surface area contributed by atoms with Gasteiger partial charge in [0.1, 0.15) is 25.1 Å². The molecule has 24 heavy (non-hydrogen) atoms. The number of hydrogen-bond acceptors (Lipinski definition) is 6. The summed E-state index contributed by atoms with van der Waals surface area (Å²) in [6.45, 7) is -0.108. The number of halogens is 1. The lowest BCUT2D eigenvalue weighted by Crippen LogP contribution is -2.42. The maximum Gasteiger partial charge on any atom is 0.119 e. The van der Waals surface area contributed by atoms with E-state index in [0.29, 0.717) is 29.3 Å². The summed E-state index contributed by atoms with van der Waals surface area (Å²) in [6, 6.07) is 5.90. The highest BCUT2D eigenvalue weighted by atomic mass is 32.2. The van der Waals surface area contributed by atoms with Crippen LogP contribution >= 0.6 is 0 Å². The van der Waals surface area contributed by atoms with Crippen molar-refractivity contribution in [3.05, 3.63) is 36.2 Å². The normalized spacial score (nSPS) is 15.6. The van der Waals surface area contributed by atoms with Crippen molar-refractivity contribution in [1.29, 1.82) is 0 Å². The second-order valence-electron chi connectivity index (χ2n) is 5.30. The number of aliphatic hydroxyl groups excluding tert-OH is 1. The highest BCUT2D eigenvalue weighted by Gasteiger charge is 2.18. The van der Waals surface area contributed by atoms with E-state index in [0.717, 1.165) is 0 Å². The van der Waals surface area contributed by atoms with Crippen LogP contribution in [0.5, 0.6) is 5.75 Å². The van der Waals surface area contributed by atoms with Crippen molar-refractivity contribution in [2.24, 2.45) is 5.73 Å². The third kappa shape index (κ3) is 7.29. The molecule has 0 radical (unpaired) electrons. The number of nitrogens with two attached hydrogens (primary N) is 1. The molecule has 0 aliphatic heterocycles. The molecule has 0 aromatic heterocycles. The fourth-order valence-corrected chi connectivity index (χ4v) is 2.36. The molecule has 0 amide bonds. The van der Waals surface area contributed by atoms with E-state index in [1.807, 2.05) is 7.05 Å². The Morgan fingerprint density at radius 1 is 1.46 bits per heavy atom. The van der Waals surface area contributed by atoms with Gasteiger partial charge in [-0.3, -0.25) is 4.21 Å². The van der Waals surface area contributed by atoms with E-state index in [1.54, 1.807) is 30.5 Å². The van der Waals surface area contributed by atoms with Crippen LogP contribution in [0.4, 0.5) is 4.39 Å². The van der Waals surface area contributed by atoms with Gasteiger partial charge in [0.15, 0.2) is 0 Å². The Kier molecular flexibility index (Phi) is 9.36. The van der Waals surface area contributed by atoms with Gasteiger partial charge in [0, 0.05) is 46.8 Å². The first kappa shape index (κ1) is 20.4. The summed E-state index contributed by atoms with van der Waals surface area (Å²) in [6.07, 6.45) is 2.69. The third-order valence-electron chi connectivity index (χ3n) is 3.35. The minimum absolute atomic E-state index is 0.0690. The van der Waals surface area contributed by atoms with Crippen molar-refractivity contribution < 1.29 is 18.4 Å². The van der Waals surface area contributed by atoms with Crippen molar-refractivity contribution in [3.8, 4) is 5.75 Å². The lowest BCUT2D eigenvalue weighted by Gasteiger charge is -2.21. The van der Waals surface area contributed by atoms with Gasteiger partial charge in [-0.15, -0.1) is 0 Å². The SMILES string of the molecule is CNCC/C(N)=C/N[C@H](CF)[C@H](O)COc1ccc(S(C)=O)cc1. The van der Waals surface area contributed by atoms with Gasteiger partial charge in [0.25, 0.3) is 0 Å². The zero-order valence-corrected chi connectivity index (χ0v) is 14.8. The van der Waals surface area contributed by atoms with Crippen LogP contribution in [-0.2, 0) is 10.8 Å². The maximum atomic E-state index is 13.1. The van der Waals surface area contributed by atoms with Gasteiger partial charge in [-0.05, 0) is 31.3 Å². The van der Waals surface area contributed by atoms with Crippen LogP contribution in [0.1, 0.15) is 6.42 Å². The van der Waals surface area contributed by atoms with Crippen LogP contribution in [0.15, 0.2) is 41.1 Å². The quantitative estimate of drug-likeness (QED) is 0.460. The topological polar surface area (TPSA) is 96.6 Å². The largest absolute Gasteiger partial charge is 0.491 e. The van der Waals surface area contributed by atoms with Gasteiger partial charge in [0.2, 0.25) is 0 Å². The molecule has 1 aromatic carbocycles. The van der Waals surface area contributed by atoms with Gasteiger partial charge in [-0.2, -0.15) is 0 Å². The molecule has 8 heteroatoms. The van der Waals surface area contributed by atoms with Crippen LogP contribution in [-0.4, -0.2) is 54.6 Å². The number of rotatable bonds is 11. The summed E-state index contributed by atoms with van der Waals surface area (Å²) >= 11 is 0. The lowest BCUT2D eigenvalue weighted by molar-refractivity contribution is 0.0686. The average Bonchev–Trinajstić information content (AvgIpc) is 2.58. The summed E-state index contributed by atoms with van der Waals surface area (Å²) in [4.78, 5) is 0.688. The Morgan fingerprint density at radius 2 is 2.12 bits per heavy atom. The molecule has 0 spiro atoms. The minimum atomic E-state index is -1.06. The summed E-state index contributed by atoms with van der Waals surface area (Å²) in [5.41, 5.74) is 6.33. The summed E-state index contributed by atoms with van der Waals surface area (Å²) in [5, 5.41) is 15.8. The second-order valence-corrected chi connectivity index (χ2v) is 6.68. The standard InChI is InChI=1S/C16H26FN3O3S/c1-19-8-7-12(18)10-20-15(9-17)16(21)11-23-13-3-5-14(6-4-13)24(2)22/h3-6,10,15-16,19-21H,7-9,11,18H2,1-2H3/b12-10-/t15-,16-,24?/m1/s1. The van der Waals surface area contributed by atoms with Crippen LogP contribution in [0, 0.1) is 0 Å². The summed E-state index contributed by atoms with van der Waals surface area (Å²) < 4.78 is 29.8. The number of alkyl halides is 1. The monoisotopic (exact) mass is 359 g/mol. The number of aliphatic hydroxyl groups is 1. The Labute approximate surface area is 144 Å². The average molecular weight is 359 g/mol. The smallest absolute Gasteiger partial charge is 0.119 e. The predicted octanol–water partition coefficient (Wildman–Crippen LogP) is 0.501. The van der Waals surface area contributed by atoms with Crippen LogP contribution < -0.4 is 21.1 Å². The molecule has 3 atom stereocenters. The molecular weight excluding hydrogens is 333 g/mol. The zero-order chi connectivity index (χ0) is 17.9. The fraction of sp³-hybridized carbons (Fsp3) is 0.500. The second kappa shape index (κ2) is 11.0. The molecule has 1 unspecified atom stereocenters. The van der Waals surface area contributed by atoms with E-state index in [-0.39, 0.29) is 6.61 Å². The Balaban J connectivity index is 2.48. The van der Waals surface area contributed by atoms with Crippen molar-refractivity contribution >= 4 is 10.8 Å². The number of nitrogens with one attached hydrogen (secondary N) is 2. The van der Waals surface area contributed by atoms with E-state index in [9.17, 15) is 13.7 Å². The Morgan fingerprint density at radius 3 is 2.67 bits per heavy atom. The van der Waals surface area contributed by atoms with Gasteiger partial charge >= 0.3 is 0 Å². The highest BCUT2D eigenvalue weighted by Crippen LogP contribution is 2.14. The molecule has 0 saturated carbocycles. The predicted molar refractivity (Wildman–Crippen MR) is 94.0 cm³/mol. The molecule has 0 aliphatic rings. The van der Waals surface area contributed by atoms with Gasteiger partial charge in [-0.1, -0.05) is 0 Å². The van der Waals surface area contributed by atoms with Crippen molar-refractivity contribution in [3.63, 3.8) is 0 Å². The van der Waals surface area contributed by atoms with E-state index in [4.69, 9.17) is 10.5 Å². The van der Waals surface area contributed by atoms with E-state index in [1.165, 1.54) is 6.20 Å². The fourth-order valence-electron chi connectivity index (χ4n) is 1.84. The van der Waals surface area contributed by atoms with Crippen molar-refractivity contribution in [2.75, 3.05) is 33.1 Å². The molecule has 6 nitrogen and oxygen atoms in total. The molecule has 5 N–H and O–H groups in total. The first-order chi connectivity index (χ1) is 11.5. The number of benzene rings is 1. The van der Waals surface area contributed by atoms with Crippen LogP contribution in [0.2, 0.25) is 0 Å². The molecular formula is C16H26FN3O3S. The maximum absolute atomic E-state index is 13.1. The molecule has 1 aromatic rings. The highest BCUT2D eigenvalue weighted by molar-refractivity contribution is 7.84. The molecule has 0 aliphatic carbocycles. The molecule has 0 fully saturated rings. The van der Waals surface area contributed by atoms with E-state index >= 15 is 0 Å². The van der Waals surface area contributed by atoms with Crippen LogP contribution in [0.25, 0.3) is 0 Å². The first-order valence-corrected chi connectivity index (χ1v) is 9.19. The Bertz CT molecular complexity index is 540. The van der Waals surface area contributed by atoms with Gasteiger partial charge in [-0.25, -0.2) is 4.39 Å². The van der Waals surface area contributed by atoms with Crippen molar-refractivity contribution in [2.45, 2.75) is 23.5 Å². The number of ether oxygens (including phenoxy) is 1. The first-order valence-electron chi connectivity index (χ1n) is 7.63. The van der Waals surface area contributed by atoms with E-state index in [2.05, 4.69) is 10.6 Å². The van der Waals surface area contributed by atoms with E-state index < -0.39 is 29.6 Å². The number of hydrogen-bond donors (Lipinski definition) is 4. The minimum Gasteiger partial charge on any atom is -0.491 e. The van der Waals surface area contributed by atoms with Crippen LogP contribution in [0.3, 0.4) is 0 Å². The third-order valence-corrected chi connectivity index (χ3v) is 4.29. The Hall–Kier alpha value is -1.64. The summed E-state index contributed by atoms with van der Waals surface area (Å²) in [5.74, 6) is 0.518. The van der Waals surface area contributed by atoms with Gasteiger partial charge < -0.3 is 26.2 Å². The summed E-state index contributed by atoms with van der Waals surface area (Å²) in [7, 11) is 0.760. The van der Waals surface area contributed by atoms with Gasteiger partial charge in [0.05, 0.1) is 6.04 Å². The molecule has 1 rings (SSSR count). The molecule has 0 bridgehead atoms. The molecule has 0 saturated heterocycles. The lowest BCUT2D eigenvalue weighted by atomic mass is 10.2. The van der Waals surface area contributed by atoms with Crippen molar-refractivity contribution in [1.82, 2.24) is 10.6 Å². The molecule has 136 valence electrons.